The van der Waals surface area contributed by atoms with Crippen LogP contribution in [0.2, 0.25) is 0 Å². The van der Waals surface area contributed by atoms with Gasteiger partial charge < -0.3 is 20.1 Å². The molecule has 1 saturated heterocycles. The van der Waals surface area contributed by atoms with Gasteiger partial charge in [0.05, 0.1) is 25.3 Å². The molecule has 0 aliphatic carbocycles. The highest BCUT2D eigenvalue weighted by Gasteiger charge is 2.43. The van der Waals surface area contributed by atoms with Crippen molar-refractivity contribution in [3.8, 4) is 0 Å². The number of hydrogen-bond donors (Lipinski definition) is 3. The second kappa shape index (κ2) is 4.57. The number of rotatable bonds is 1. The predicted octanol–water partition coefficient (Wildman–Crippen LogP) is -0.680. The quantitative estimate of drug-likeness (QED) is 0.558. The Morgan fingerprint density at radius 2 is 2.00 bits per heavy atom. The van der Waals surface area contributed by atoms with Gasteiger partial charge in [0.1, 0.15) is 11.7 Å². The van der Waals surface area contributed by atoms with E-state index < -0.39 is 36.6 Å². The molecule has 3 atom stereocenters. The molecule has 1 rings (SSSR count). The van der Waals surface area contributed by atoms with Crippen LogP contribution in [0.3, 0.4) is 0 Å². The standard InChI is InChI=1S/C10H19NO5/c1-10(2,3)16-9(15)11-4-7(13)8(14)6(11)5-12/h6-8,12-14H,4-5H2,1-3H3/t6-,7-,8-/m0/s1. The summed E-state index contributed by atoms with van der Waals surface area (Å²) >= 11 is 0. The normalized spacial score (nSPS) is 30.6. The average Bonchev–Trinajstić information content (AvgIpc) is 2.40. The molecule has 0 aromatic heterocycles. The molecule has 0 saturated carbocycles. The molecular weight excluding hydrogens is 214 g/mol. The lowest BCUT2D eigenvalue weighted by molar-refractivity contribution is 0.00187. The smallest absolute Gasteiger partial charge is 0.410 e. The summed E-state index contributed by atoms with van der Waals surface area (Å²) in [6, 6.07) is -0.801. The third kappa shape index (κ3) is 2.84. The van der Waals surface area contributed by atoms with Crippen molar-refractivity contribution in [2.45, 2.75) is 44.6 Å². The summed E-state index contributed by atoms with van der Waals surface area (Å²) in [5.41, 5.74) is -0.643. The molecule has 0 radical (unpaired) electrons. The number of nitrogens with zero attached hydrogens (tertiary/aromatic N) is 1. The molecule has 0 aromatic carbocycles. The number of β-amino-alcohol motifs (C(OH)–C–C–N with tert-alkyl or cyclic N) is 1. The number of likely N-dealkylation sites (tertiary alicyclic amines) is 1. The molecule has 94 valence electrons. The molecule has 3 N–H and O–H groups in total. The zero-order chi connectivity index (χ0) is 12.5. The van der Waals surface area contributed by atoms with Crippen molar-refractivity contribution in [2.24, 2.45) is 0 Å². The highest BCUT2D eigenvalue weighted by molar-refractivity contribution is 5.69. The van der Waals surface area contributed by atoms with E-state index in [0.717, 1.165) is 4.90 Å². The van der Waals surface area contributed by atoms with Gasteiger partial charge in [0.2, 0.25) is 0 Å². The van der Waals surface area contributed by atoms with E-state index in [1.54, 1.807) is 20.8 Å². The van der Waals surface area contributed by atoms with Crippen molar-refractivity contribution in [1.82, 2.24) is 4.90 Å². The number of carbonyl (C=O) groups excluding carboxylic acids is 1. The Kier molecular flexibility index (Phi) is 3.77. The lowest BCUT2D eigenvalue weighted by atomic mass is 10.1. The van der Waals surface area contributed by atoms with Crippen LogP contribution in [0.4, 0.5) is 4.79 Å². The molecular formula is C10H19NO5. The Hall–Kier alpha value is -0.850. The number of hydrogen-bond acceptors (Lipinski definition) is 5. The van der Waals surface area contributed by atoms with Gasteiger partial charge in [0, 0.05) is 0 Å². The summed E-state index contributed by atoms with van der Waals surface area (Å²) in [7, 11) is 0. The van der Waals surface area contributed by atoms with E-state index in [-0.39, 0.29) is 6.54 Å². The molecule has 1 aliphatic heterocycles. The van der Waals surface area contributed by atoms with E-state index in [9.17, 15) is 15.0 Å². The number of amides is 1. The maximum Gasteiger partial charge on any atom is 0.410 e. The minimum absolute atomic E-state index is 0.0265. The van der Waals surface area contributed by atoms with Crippen LogP contribution in [-0.2, 0) is 4.74 Å². The molecule has 0 aromatic rings. The second-order valence-corrected chi connectivity index (χ2v) is 4.94. The van der Waals surface area contributed by atoms with Gasteiger partial charge in [-0.1, -0.05) is 0 Å². The molecule has 1 amide bonds. The van der Waals surface area contributed by atoms with Crippen LogP contribution < -0.4 is 0 Å². The summed E-state index contributed by atoms with van der Waals surface area (Å²) in [4.78, 5) is 12.8. The Labute approximate surface area is 94.4 Å². The summed E-state index contributed by atoms with van der Waals surface area (Å²) in [6.45, 7) is 4.74. The Morgan fingerprint density at radius 1 is 1.44 bits per heavy atom. The fourth-order valence-electron chi connectivity index (χ4n) is 1.62. The molecule has 1 heterocycles. The maximum absolute atomic E-state index is 11.7. The fourth-order valence-corrected chi connectivity index (χ4v) is 1.62. The first kappa shape index (κ1) is 13.2. The van der Waals surface area contributed by atoms with Crippen molar-refractivity contribution < 1.29 is 24.9 Å². The highest BCUT2D eigenvalue weighted by atomic mass is 16.6. The van der Waals surface area contributed by atoms with E-state index in [0.29, 0.717) is 0 Å². The molecule has 6 nitrogen and oxygen atoms in total. The average molecular weight is 233 g/mol. The minimum atomic E-state index is -1.13. The van der Waals surface area contributed by atoms with Gasteiger partial charge in [-0.2, -0.15) is 0 Å². The molecule has 0 bridgehead atoms. The Morgan fingerprint density at radius 3 is 2.44 bits per heavy atom. The lowest BCUT2D eigenvalue weighted by Crippen LogP contribution is -2.44. The van der Waals surface area contributed by atoms with E-state index in [4.69, 9.17) is 9.84 Å². The third-order valence-electron chi connectivity index (χ3n) is 2.39. The van der Waals surface area contributed by atoms with Crippen LogP contribution >= 0.6 is 0 Å². The zero-order valence-electron chi connectivity index (χ0n) is 9.75. The van der Waals surface area contributed by atoms with Crippen LogP contribution in [-0.4, -0.2) is 63.3 Å². The lowest BCUT2D eigenvalue weighted by Gasteiger charge is -2.28. The van der Waals surface area contributed by atoms with Gasteiger partial charge in [0.15, 0.2) is 0 Å². The van der Waals surface area contributed by atoms with Crippen LogP contribution in [0.15, 0.2) is 0 Å². The molecule has 0 spiro atoms. The molecule has 16 heavy (non-hydrogen) atoms. The van der Waals surface area contributed by atoms with Crippen LogP contribution in [0.1, 0.15) is 20.8 Å². The highest BCUT2D eigenvalue weighted by Crippen LogP contribution is 2.21. The number of ether oxygens (including phenoxy) is 1. The predicted molar refractivity (Wildman–Crippen MR) is 55.8 cm³/mol. The summed E-state index contributed by atoms with van der Waals surface area (Å²) in [5, 5.41) is 28.0. The minimum Gasteiger partial charge on any atom is -0.444 e. The maximum atomic E-state index is 11.7. The molecule has 0 unspecified atom stereocenters. The molecule has 1 fully saturated rings. The van der Waals surface area contributed by atoms with Crippen molar-refractivity contribution in [2.75, 3.05) is 13.2 Å². The monoisotopic (exact) mass is 233 g/mol. The van der Waals surface area contributed by atoms with E-state index in [1.807, 2.05) is 0 Å². The largest absolute Gasteiger partial charge is 0.444 e. The van der Waals surface area contributed by atoms with Crippen molar-refractivity contribution in [3.05, 3.63) is 0 Å². The molecule has 1 aliphatic rings. The summed E-state index contributed by atoms with van der Waals surface area (Å²) < 4.78 is 5.10. The summed E-state index contributed by atoms with van der Waals surface area (Å²) in [5.74, 6) is 0. The van der Waals surface area contributed by atoms with E-state index in [1.165, 1.54) is 0 Å². The van der Waals surface area contributed by atoms with Crippen LogP contribution in [0.5, 0.6) is 0 Å². The number of aliphatic hydroxyl groups excluding tert-OH is 3. The van der Waals surface area contributed by atoms with Gasteiger partial charge in [-0.15, -0.1) is 0 Å². The van der Waals surface area contributed by atoms with Gasteiger partial charge in [-0.3, -0.25) is 4.90 Å². The van der Waals surface area contributed by atoms with E-state index >= 15 is 0 Å². The Balaban J connectivity index is 2.69. The topological polar surface area (TPSA) is 90.2 Å². The third-order valence-corrected chi connectivity index (χ3v) is 2.39. The van der Waals surface area contributed by atoms with Gasteiger partial charge in [-0.25, -0.2) is 4.79 Å². The number of aliphatic hydroxyl groups is 3. The first-order chi connectivity index (χ1) is 7.26. The first-order valence-electron chi connectivity index (χ1n) is 5.23. The van der Waals surface area contributed by atoms with Gasteiger partial charge in [0.25, 0.3) is 0 Å². The van der Waals surface area contributed by atoms with Crippen LogP contribution in [0.25, 0.3) is 0 Å². The van der Waals surface area contributed by atoms with Crippen molar-refractivity contribution >= 4 is 6.09 Å². The van der Waals surface area contributed by atoms with Gasteiger partial charge in [-0.05, 0) is 20.8 Å². The van der Waals surface area contributed by atoms with Crippen LogP contribution in [0, 0.1) is 0 Å². The number of carbonyl (C=O) groups is 1. The fraction of sp³-hybridized carbons (Fsp3) is 0.900. The first-order valence-corrected chi connectivity index (χ1v) is 5.23. The SMILES string of the molecule is CC(C)(C)OC(=O)N1C[C@H](O)[C@@H](O)[C@@H]1CO. The van der Waals surface area contributed by atoms with Gasteiger partial charge >= 0.3 is 6.09 Å². The second-order valence-electron chi connectivity index (χ2n) is 4.94. The zero-order valence-corrected chi connectivity index (χ0v) is 9.75. The van der Waals surface area contributed by atoms with Crippen molar-refractivity contribution in [3.63, 3.8) is 0 Å². The molecule has 6 heteroatoms. The van der Waals surface area contributed by atoms with E-state index in [2.05, 4.69) is 0 Å². The Bertz CT molecular complexity index is 262. The summed E-state index contributed by atoms with van der Waals surface area (Å²) in [6.07, 6.45) is -2.80. The van der Waals surface area contributed by atoms with Crippen molar-refractivity contribution in [1.29, 1.82) is 0 Å².